The third-order valence-electron chi connectivity index (χ3n) is 5.33. The minimum Gasteiger partial charge on any atom is -0.489 e. The third-order valence-corrected chi connectivity index (χ3v) is 6.60. The minimum atomic E-state index is -0.226. The highest BCUT2D eigenvalue weighted by Gasteiger charge is 2.31. The quantitative estimate of drug-likeness (QED) is 0.612. The van der Waals surface area contributed by atoms with E-state index < -0.39 is 0 Å². The Hall–Kier alpha value is -2.93. The number of nitrogens with one attached hydrogen (secondary N) is 2. The van der Waals surface area contributed by atoms with Crippen molar-refractivity contribution in [1.29, 1.82) is 0 Å². The van der Waals surface area contributed by atoms with E-state index in [0.29, 0.717) is 23.7 Å². The van der Waals surface area contributed by atoms with Gasteiger partial charge in [0.2, 0.25) is 5.91 Å². The number of hydrogen-bond acceptors (Lipinski definition) is 4. The Labute approximate surface area is 179 Å². The second kappa shape index (κ2) is 8.83. The highest BCUT2D eigenvalue weighted by Crippen LogP contribution is 2.40. The van der Waals surface area contributed by atoms with Gasteiger partial charge in [0.15, 0.2) is 0 Å². The highest BCUT2D eigenvalue weighted by atomic mass is 32.2. The van der Waals surface area contributed by atoms with Crippen LogP contribution in [-0.4, -0.2) is 21.4 Å². The monoisotopic (exact) mass is 423 g/mol. The number of aromatic nitrogens is 2. The Morgan fingerprint density at radius 3 is 2.57 bits per heavy atom. The lowest BCUT2D eigenvalue weighted by atomic mass is 10.1. The van der Waals surface area contributed by atoms with Crippen molar-refractivity contribution in [3.05, 3.63) is 81.6 Å². The fourth-order valence-corrected chi connectivity index (χ4v) is 4.63. The molecule has 1 aromatic heterocycles. The van der Waals surface area contributed by atoms with Gasteiger partial charge in [-0.15, -0.1) is 11.8 Å². The van der Waals surface area contributed by atoms with Gasteiger partial charge in [-0.3, -0.25) is 19.4 Å². The van der Waals surface area contributed by atoms with Crippen LogP contribution in [0.3, 0.4) is 0 Å². The summed E-state index contributed by atoms with van der Waals surface area (Å²) in [7, 11) is 0. The highest BCUT2D eigenvalue weighted by molar-refractivity contribution is 8.00. The van der Waals surface area contributed by atoms with Gasteiger partial charge in [0.05, 0.1) is 16.6 Å². The Morgan fingerprint density at radius 1 is 1.13 bits per heavy atom. The van der Waals surface area contributed by atoms with Crippen molar-refractivity contribution < 1.29 is 9.53 Å². The van der Waals surface area contributed by atoms with E-state index in [2.05, 4.69) is 10.4 Å². The lowest BCUT2D eigenvalue weighted by molar-refractivity contribution is -0.113. The maximum Gasteiger partial charge on any atom is 0.270 e. The number of carbonyl (C=O) groups is 1. The van der Waals surface area contributed by atoms with Gasteiger partial charge < -0.3 is 10.1 Å². The average molecular weight is 424 g/mol. The Morgan fingerprint density at radius 2 is 1.87 bits per heavy atom. The maximum absolute atomic E-state index is 12.8. The van der Waals surface area contributed by atoms with Crippen molar-refractivity contribution in [2.24, 2.45) is 0 Å². The van der Waals surface area contributed by atoms with E-state index in [9.17, 15) is 9.59 Å². The Kier molecular flexibility index (Phi) is 5.99. The molecule has 0 saturated carbocycles. The summed E-state index contributed by atoms with van der Waals surface area (Å²) >= 11 is 1.46. The lowest BCUT2D eigenvalue weighted by Gasteiger charge is -2.16. The molecule has 0 bridgehead atoms. The smallest absolute Gasteiger partial charge is 0.270 e. The van der Waals surface area contributed by atoms with Crippen LogP contribution >= 0.6 is 11.8 Å². The number of hydrogen-bond donors (Lipinski definition) is 2. The van der Waals surface area contributed by atoms with Crippen LogP contribution in [0.1, 0.15) is 48.3 Å². The standard InChI is InChI=1S/C23H25N3O3S/c1-3-15(2)26-22-20(23(28)25-26)21(30-14-19(27)24-22)17-9-11-18(12-10-17)29-13-16-7-5-4-6-8-16/h4-12,15,21H,3,13-14H2,1-2H3,(H,24,27)(H,25,28)/t15-,21-/m1/s1. The van der Waals surface area contributed by atoms with Crippen molar-refractivity contribution in [3.63, 3.8) is 0 Å². The SMILES string of the molecule is CC[C@@H](C)n1[nH]c(=O)c2c1NC(=O)CS[C@@H]2c1ccc(OCc2ccccc2)cc1. The van der Waals surface area contributed by atoms with E-state index in [-0.39, 0.29) is 22.8 Å². The van der Waals surface area contributed by atoms with Gasteiger partial charge in [0.25, 0.3) is 5.56 Å². The molecule has 4 rings (SSSR count). The maximum atomic E-state index is 12.8. The number of nitrogens with zero attached hydrogens (tertiary/aromatic N) is 1. The van der Waals surface area contributed by atoms with E-state index in [1.165, 1.54) is 11.8 Å². The first-order valence-electron chi connectivity index (χ1n) is 10.1. The Balaban J connectivity index is 1.60. The Bertz CT molecular complexity index is 1070. The first-order chi connectivity index (χ1) is 14.6. The fraction of sp³-hybridized carbons (Fsp3) is 0.304. The normalized spacial score (nSPS) is 17.0. The summed E-state index contributed by atoms with van der Waals surface area (Å²) in [6, 6.07) is 17.9. The summed E-state index contributed by atoms with van der Waals surface area (Å²) in [5.41, 5.74) is 2.52. The van der Waals surface area contributed by atoms with Crippen LogP contribution in [0.15, 0.2) is 59.4 Å². The first kappa shape index (κ1) is 20.3. The summed E-state index contributed by atoms with van der Waals surface area (Å²) in [4.78, 5) is 25.1. The van der Waals surface area contributed by atoms with E-state index >= 15 is 0 Å². The number of benzene rings is 2. The number of amides is 1. The molecule has 3 aromatic rings. The van der Waals surface area contributed by atoms with Crippen LogP contribution in [-0.2, 0) is 11.4 Å². The molecule has 0 saturated heterocycles. The molecular formula is C23H25N3O3S. The lowest BCUT2D eigenvalue weighted by Crippen LogP contribution is -2.18. The second-order valence-corrected chi connectivity index (χ2v) is 8.51. The first-order valence-corrected chi connectivity index (χ1v) is 11.1. The van der Waals surface area contributed by atoms with E-state index in [4.69, 9.17) is 4.74 Å². The van der Waals surface area contributed by atoms with E-state index in [1.54, 1.807) is 4.68 Å². The van der Waals surface area contributed by atoms with Crippen LogP contribution in [0.2, 0.25) is 0 Å². The molecule has 2 heterocycles. The molecule has 156 valence electrons. The number of carbonyl (C=O) groups excluding carboxylic acids is 1. The number of anilines is 1. The zero-order valence-corrected chi connectivity index (χ0v) is 17.9. The van der Waals surface area contributed by atoms with Crippen LogP contribution in [0, 0.1) is 0 Å². The van der Waals surface area contributed by atoms with E-state index in [0.717, 1.165) is 23.3 Å². The van der Waals surface area contributed by atoms with Gasteiger partial charge >= 0.3 is 0 Å². The summed E-state index contributed by atoms with van der Waals surface area (Å²) < 4.78 is 7.66. The summed E-state index contributed by atoms with van der Waals surface area (Å²) in [5.74, 6) is 1.55. The average Bonchev–Trinajstić information content (AvgIpc) is 2.98. The zero-order chi connectivity index (χ0) is 21.1. The molecule has 7 heteroatoms. The fourth-order valence-electron chi connectivity index (χ4n) is 3.50. The molecule has 1 aliphatic rings. The molecular weight excluding hydrogens is 398 g/mol. The molecule has 30 heavy (non-hydrogen) atoms. The molecule has 2 N–H and O–H groups in total. The third kappa shape index (κ3) is 4.16. The molecule has 0 unspecified atom stereocenters. The molecule has 1 amide bonds. The number of aromatic amines is 1. The molecule has 2 aromatic carbocycles. The van der Waals surface area contributed by atoms with Gasteiger partial charge in [-0.2, -0.15) is 0 Å². The van der Waals surface area contributed by atoms with Crippen molar-refractivity contribution in [2.75, 3.05) is 11.1 Å². The molecule has 2 atom stereocenters. The number of thioether (sulfide) groups is 1. The number of ether oxygens (including phenoxy) is 1. The molecule has 0 aliphatic carbocycles. The number of fused-ring (bicyclic) bond motifs is 1. The van der Waals surface area contributed by atoms with Gasteiger partial charge in [0.1, 0.15) is 18.2 Å². The van der Waals surface area contributed by atoms with Gasteiger partial charge in [-0.25, -0.2) is 0 Å². The van der Waals surface area contributed by atoms with Crippen LogP contribution in [0.5, 0.6) is 5.75 Å². The minimum absolute atomic E-state index is 0.0827. The summed E-state index contributed by atoms with van der Waals surface area (Å²) in [6.45, 7) is 4.57. The largest absolute Gasteiger partial charge is 0.489 e. The number of rotatable bonds is 6. The molecule has 6 nitrogen and oxygen atoms in total. The summed E-state index contributed by atoms with van der Waals surface area (Å²) in [5, 5.41) is 5.61. The zero-order valence-electron chi connectivity index (χ0n) is 17.1. The summed E-state index contributed by atoms with van der Waals surface area (Å²) in [6.07, 6.45) is 0.845. The van der Waals surface area contributed by atoms with Crippen molar-refractivity contribution in [2.45, 2.75) is 38.2 Å². The predicted octanol–water partition coefficient (Wildman–Crippen LogP) is 4.50. The molecule has 0 spiro atoms. The predicted molar refractivity (Wildman–Crippen MR) is 120 cm³/mol. The molecule has 0 radical (unpaired) electrons. The molecule has 1 aliphatic heterocycles. The second-order valence-electron chi connectivity index (χ2n) is 7.41. The van der Waals surface area contributed by atoms with Gasteiger partial charge in [-0.1, -0.05) is 49.4 Å². The number of H-pyrrole nitrogens is 1. The topological polar surface area (TPSA) is 76.1 Å². The van der Waals surface area contributed by atoms with Crippen molar-refractivity contribution in [1.82, 2.24) is 9.78 Å². The molecule has 0 fully saturated rings. The van der Waals surface area contributed by atoms with Crippen molar-refractivity contribution >= 4 is 23.5 Å². The van der Waals surface area contributed by atoms with Crippen LogP contribution in [0.4, 0.5) is 5.82 Å². The van der Waals surface area contributed by atoms with Crippen LogP contribution < -0.4 is 15.6 Å². The van der Waals surface area contributed by atoms with Crippen LogP contribution in [0.25, 0.3) is 0 Å². The van der Waals surface area contributed by atoms with Crippen molar-refractivity contribution in [3.8, 4) is 5.75 Å². The van der Waals surface area contributed by atoms with Gasteiger partial charge in [0, 0.05) is 6.04 Å². The van der Waals surface area contributed by atoms with E-state index in [1.807, 2.05) is 68.4 Å². The van der Waals surface area contributed by atoms with Gasteiger partial charge in [-0.05, 0) is 36.6 Å².